The Balaban J connectivity index is 1.86. The molecular formula is C23H23ClN4O4. The summed E-state index contributed by atoms with van der Waals surface area (Å²) < 4.78 is 7.00. The van der Waals surface area contributed by atoms with Gasteiger partial charge in [0.15, 0.2) is 0 Å². The molecule has 2 aromatic carbocycles. The lowest BCUT2D eigenvalue weighted by Crippen LogP contribution is -2.41. The summed E-state index contributed by atoms with van der Waals surface area (Å²) in [6.07, 6.45) is -1.35. The van der Waals surface area contributed by atoms with Gasteiger partial charge in [-0.1, -0.05) is 71.8 Å². The summed E-state index contributed by atoms with van der Waals surface area (Å²) in [7, 11) is 1.37. The molecule has 1 heterocycles. The number of carbonyl (C=O) groups excluding carboxylic acids is 3. The molecule has 166 valence electrons. The van der Waals surface area contributed by atoms with Gasteiger partial charge in [-0.2, -0.15) is 5.10 Å². The predicted octanol–water partition coefficient (Wildman–Crippen LogP) is 3.56. The first-order chi connectivity index (χ1) is 15.3. The summed E-state index contributed by atoms with van der Waals surface area (Å²) in [5.41, 5.74) is 2.93. The fraction of sp³-hybridized carbons (Fsp3) is 0.217. The Morgan fingerprint density at radius 2 is 1.72 bits per heavy atom. The van der Waals surface area contributed by atoms with Crippen molar-refractivity contribution in [2.45, 2.75) is 26.5 Å². The second-order valence-electron chi connectivity index (χ2n) is 7.16. The van der Waals surface area contributed by atoms with Gasteiger partial charge in [0.1, 0.15) is 10.7 Å². The number of hydrogen-bond donors (Lipinski definition) is 2. The summed E-state index contributed by atoms with van der Waals surface area (Å²) in [6.45, 7) is 4.00. The number of hydrogen-bond acceptors (Lipinski definition) is 5. The average molecular weight is 455 g/mol. The number of imide groups is 1. The van der Waals surface area contributed by atoms with E-state index >= 15 is 0 Å². The number of nitrogens with zero attached hydrogens (tertiary/aromatic N) is 2. The van der Waals surface area contributed by atoms with E-state index in [4.69, 9.17) is 16.3 Å². The maximum atomic E-state index is 13.0. The SMILES string of the molecule is CNC(=O)NC(=O)[C@@H](OC(=O)c1c(C)nn(Cc2ccc(C)cc2)c1Cl)c1ccccc1. The zero-order chi connectivity index (χ0) is 23.3. The molecule has 32 heavy (non-hydrogen) atoms. The van der Waals surface area contributed by atoms with Crippen LogP contribution in [0.5, 0.6) is 0 Å². The van der Waals surface area contributed by atoms with Gasteiger partial charge in [0.05, 0.1) is 12.2 Å². The molecular weight excluding hydrogens is 432 g/mol. The largest absolute Gasteiger partial charge is 0.444 e. The van der Waals surface area contributed by atoms with Crippen molar-refractivity contribution in [3.63, 3.8) is 0 Å². The topological polar surface area (TPSA) is 102 Å². The molecule has 0 saturated heterocycles. The highest BCUT2D eigenvalue weighted by Gasteiger charge is 2.30. The van der Waals surface area contributed by atoms with Crippen molar-refractivity contribution in [1.82, 2.24) is 20.4 Å². The number of aryl methyl sites for hydroxylation is 2. The number of benzene rings is 2. The van der Waals surface area contributed by atoms with E-state index < -0.39 is 24.0 Å². The number of urea groups is 1. The van der Waals surface area contributed by atoms with Crippen molar-refractivity contribution in [2.75, 3.05) is 7.05 Å². The Labute approximate surface area is 190 Å². The fourth-order valence-electron chi connectivity index (χ4n) is 3.06. The van der Waals surface area contributed by atoms with Crippen LogP contribution >= 0.6 is 11.6 Å². The lowest BCUT2D eigenvalue weighted by atomic mass is 10.1. The molecule has 3 aromatic rings. The van der Waals surface area contributed by atoms with Gasteiger partial charge in [-0.3, -0.25) is 10.1 Å². The molecule has 2 N–H and O–H groups in total. The molecule has 1 atom stereocenters. The number of nitrogens with one attached hydrogen (secondary N) is 2. The van der Waals surface area contributed by atoms with Gasteiger partial charge in [-0.05, 0) is 19.4 Å². The Morgan fingerprint density at radius 1 is 1.06 bits per heavy atom. The Kier molecular flexibility index (Phi) is 7.27. The number of carbonyl (C=O) groups is 3. The lowest BCUT2D eigenvalue weighted by Gasteiger charge is -2.17. The third-order valence-electron chi connectivity index (χ3n) is 4.75. The van der Waals surface area contributed by atoms with Crippen LogP contribution in [0.1, 0.15) is 38.8 Å². The van der Waals surface area contributed by atoms with Gasteiger partial charge < -0.3 is 10.1 Å². The van der Waals surface area contributed by atoms with E-state index in [1.54, 1.807) is 37.3 Å². The minimum absolute atomic E-state index is 0.0625. The number of rotatable bonds is 6. The molecule has 1 aromatic heterocycles. The molecule has 0 spiro atoms. The maximum absolute atomic E-state index is 13.0. The van der Waals surface area contributed by atoms with Gasteiger partial charge in [0.2, 0.25) is 6.10 Å². The zero-order valence-electron chi connectivity index (χ0n) is 17.9. The van der Waals surface area contributed by atoms with E-state index in [-0.39, 0.29) is 10.7 Å². The van der Waals surface area contributed by atoms with Crippen LogP contribution in [-0.2, 0) is 16.1 Å². The smallest absolute Gasteiger partial charge is 0.344 e. The van der Waals surface area contributed by atoms with E-state index in [2.05, 4.69) is 15.7 Å². The number of halogens is 1. The van der Waals surface area contributed by atoms with Gasteiger partial charge in [-0.25, -0.2) is 14.3 Å². The van der Waals surface area contributed by atoms with Crippen molar-refractivity contribution in [2.24, 2.45) is 0 Å². The zero-order valence-corrected chi connectivity index (χ0v) is 18.6. The molecule has 9 heteroatoms. The summed E-state index contributed by atoms with van der Waals surface area (Å²) in [6, 6.07) is 15.5. The minimum Gasteiger partial charge on any atom is -0.444 e. The molecule has 0 aliphatic rings. The number of esters is 1. The first kappa shape index (κ1) is 23.0. The molecule has 0 radical (unpaired) electrons. The van der Waals surface area contributed by atoms with Crippen molar-refractivity contribution >= 4 is 29.5 Å². The van der Waals surface area contributed by atoms with Crippen LogP contribution < -0.4 is 10.6 Å². The van der Waals surface area contributed by atoms with E-state index in [0.717, 1.165) is 11.1 Å². The van der Waals surface area contributed by atoms with Gasteiger partial charge in [0.25, 0.3) is 5.91 Å². The molecule has 0 aliphatic heterocycles. The number of ether oxygens (including phenoxy) is 1. The van der Waals surface area contributed by atoms with Crippen LogP contribution in [0.15, 0.2) is 54.6 Å². The lowest BCUT2D eigenvalue weighted by molar-refractivity contribution is -0.129. The molecule has 0 saturated carbocycles. The first-order valence-corrected chi connectivity index (χ1v) is 10.2. The number of amides is 3. The van der Waals surface area contributed by atoms with Crippen LogP contribution in [0, 0.1) is 13.8 Å². The Bertz CT molecular complexity index is 1130. The van der Waals surface area contributed by atoms with Crippen molar-refractivity contribution in [3.05, 3.63) is 87.7 Å². The fourth-order valence-corrected chi connectivity index (χ4v) is 3.37. The number of aromatic nitrogens is 2. The third-order valence-corrected chi connectivity index (χ3v) is 5.14. The predicted molar refractivity (Wildman–Crippen MR) is 119 cm³/mol. The first-order valence-electron chi connectivity index (χ1n) is 9.87. The highest BCUT2D eigenvalue weighted by atomic mass is 35.5. The van der Waals surface area contributed by atoms with Gasteiger partial charge in [-0.15, -0.1) is 0 Å². The van der Waals surface area contributed by atoms with Crippen LogP contribution in [-0.4, -0.2) is 34.7 Å². The van der Waals surface area contributed by atoms with E-state index in [9.17, 15) is 14.4 Å². The molecule has 8 nitrogen and oxygen atoms in total. The summed E-state index contributed by atoms with van der Waals surface area (Å²) >= 11 is 6.46. The molecule has 3 amide bonds. The maximum Gasteiger partial charge on any atom is 0.344 e. The van der Waals surface area contributed by atoms with Crippen molar-refractivity contribution < 1.29 is 19.1 Å². The summed E-state index contributed by atoms with van der Waals surface area (Å²) in [4.78, 5) is 37.2. The molecule has 0 fully saturated rings. The van der Waals surface area contributed by atoms with Crippen molar-refractivity contribution in [3.8, 4) is 0 Å². The second kappa shape index (κ2) is 10.1. The average Bonchev–Trinajstić information content (AvgIpc) is 3.06. The van der Waals surface area contributed by atoms with Crippen LogP contribution in [0.2, 0.25) is 5.15 Å². The van der Waals surface area contributed by atoms with Gasteiger partial charge in [0, 0.05) is 12.6 Å². The third kappa shape index (κ3) is 5.33. The second-order valence-corrected chi connectivity index (χ2v) is 7.52. The monoisotopic (exact) mass is 454 g/mol. The summed E-state index contributed by atoms with van der Waals surface area (Å²) in [5, 5.41) is 8.88. The van der Waals surface area contributed by atoms with Gasteiger partial charge >= 0.3 is 12.0 Å². The molecule has 3 rings (SSSR count). The van der Waals surface area contributed by atoms with Crippen LogP contribution in [0.3, 0.4) is 0 Å². The highest BCUT2D eigenvalue weighted by molar-refractivity contribution is 6.32. The Hall–Kier alpha value is -3.65. The van der Waals surface area contributed by atoms with E-state index in [0.29, 0.717) is 17.8 Å². The van der Waals surface area contributed by atoms with E-state index in [1.165, 1.54) is 11.7 Å². The van der Waals surface area contributed by atoms with Crippen molar-refractivity contribution in [1.29, 1.82) is 0 Å². The quantitative estimate of drug-likeness (QED) is 0.554. The van der Waals surface area contributed by atoms with Crippen LogP contribution in [0.25, 0.3) is 0 Å². The normalized spacial score (nSPS) is 11.5. The standard InChI is InChI=1S/C23H23ClN4O4/c1-14-9-11-16(12-10-14)13-28-20(24)18(15(2)27-28)22(30)32-19(17-7-5-4-6-8-17)21(29)26-23(31)25-3/h4-12,19H,13H2,1-3H3,(H2,25,26,29,31)/t19-/m0/s1. The highest BCUT2D eigenvalue weighted by Crippen LogP contribution is 2.26. The summed E-state index contributed by atoms with van der Waals surface area (Å²) in [5.74, 6) is -1.60. The molecule has 0 unspecified atom stereocenters. The molecule has 0 aliphatic carbocycles. The molecule has 0 bridgehead atoms. The minimum atomic E-state index is -1.35. The Morgan fingerprint density at radius 3 is 2.34 bits per heavy atom. The van der Waals surface area contributed by atoms with Crippen LogP contribution in [0.4, 0.5) is 4.79 Å². The van der Waals surface area contributed by atoms with E-state index in [1.807, 2.05) is 31.2 Å².